The Morgan fingerprint density at radius 3 is 2.68 bits per heavy atom. The highest BCUT2D eigenvalue weighted by Crippen LogP contribution is 2.21. The summed E-state index contributed by atoms with van der Waals surface area (Å²) in [6.45, 7) is 4.75. The summed E-state index contributed by atoms with van der Waals surface area (Å²) < 4.78 is 5.64. The second-order valence-electron chi connectivity index (χ2n) is 5.72. The highest BCUT2D eigenvalue weighted by atomic mass is 35.5. The Morgan fingerprint density at radius 1 is 1.20 bits per heavy atom. The molecule has 0 heterocycles. The van der Waals surface area contributed by atoms with Crippen molar-refractivity contribution in [3.05, 3.63) is 58.6 Å². The summed E-state index contributed by atoms with van der Waals surface area (Å²) in [5.41, 5.74) is 3.24. The molecule has 0 fully saturated rings. The highest BCUT2D eigenvalue weighted by Gasteiger charge is 2.08. The molecule has 134 valence electrons. The van der Waals surface area contributed by atoms with Crippen LogP contribution in [-0.2, 0) is 11.2 Å². The molecule has 5 heteroatoms. The molecule has 0 saturated heterocycles. The van der Waals surface area contributed by atoms with E-state index in [1.54, 1.807) is 11.8 Å². The maximum Gasteiger partial charge on any atom is 0.234 e. The third-order valence-electron chi connectivity index (χ3n) is 3.75. The van der Waals surface area contributed by atoms with Gasteiger partial charge in [0.2, 0.25) is 5.91 Å². The van der Waals surface area contributed by atoms with Crippen molar-refractivity contribution in [1.82, 2.24) is 0 Å². The smallest absolute Gasteiger partial charge is 0.234 e. The van der Waals surface area contributed by atoms with Gasteiger partial charge in [-0.1, -0.05) is 36.7 Å². The molecule has 3 nitrogen and oxygen atoms in total. The number of rotatable bonds is 9. The lowest BCUT2D eigenvalue weighted by Gasteiger charge is -2.12. The average Bonchev–Trinajstić information content (AvgIpc) is 2.61. The fourth-order valence-electron chi connectivity index (χ4n) is 2.42. The van der Waals surface area contributed by atoms with Gasteiger partial charge in [0.25, 0.3) is 0 Å². The van der Waals surface area contributed by atoms with E-state index < -0.39 is 0 Å². The number of nitrogens with one attached hydrogen (secondary N) is 1. The molecule has 1 amide bonds. The van der Waals surface area contributed by atoms with Crippen LogP contribution in [0.1, 0.15) is 24.5 Å². The molecule has 1 N–H and O–H groups in total. The van der Waals surface area contributed by atoms with E-state index in [2.05, 4.69) is 18.3 Å². The van der Waals surface area contributed by atoms with Crippen molar-refractivity contribution in [3.8, 4) is 5.75 Å². The minimum absolute atomic E-state index is 0.0487. The molecular formula is C20H24ClNO2S. The van der Waals surface area contributed by atoms with Crippen molar-refractivity contribution >= 4 is 35.0 Å². The van der Waals surface area contributed by atoms with E-state index in [0.29, 0.717) is 17.4 Å². The molecule has 0 spiro atoms. The van der Waals surface area contributed by atoms with E-state index in [-0.39, 0.29) is 5.91 Å². The first kappa shape index (κ1) is 19.7. The molecule has 0 aliphatic heterocycles. The zero-order chi connectivity index (χ0) is 18.1. The van der Waals surface area contributed by atoms with Crippen LogP contribution in [-0.4, -0.2) is 24.0 Å². The number of para-hydroxylation sites is 1. The number of hydrogen-bond acceptors (Lipinski definition) is 3. The fraction of sp³-hybridized carbons (Fsp3) is 0.350. The Balaban J connectivity index is 1.65. The zero-order valence-corrected chi connectivity index (χ0v) is 16.3. The Bertz CT molecular complexity index is 689. The van der Waals surface area contributed by atoms with Crippen LogP contribution in [0, 0.1) is 6.92 Å². The molecule has 0 atom stereocenters. The van der Waals surface area contributed by atoms with Crippen LogP contribution < -0.4 is 10.1 Å². The van der Waals surface area contributed by atoms with Gasteiger partial charge < -0.3 is 10.1 Å². The summed E-state index contributed by atoms with van der Waals surface area (Å²) in [5, 5.41) is 3.75. The van der Waals surface area contributed by atoms with Gasteiger partial charge in [0.05, 0.1) is 12.4 Å². The number of benzene rings is 2. The number of amides is 1. The van der Waals surface area contributed by atoms with Crippen LogP contribution in [0.3, 0.4) is 0 Å². The SMILES string of the molecule is CCc1cccc(C)c1NC(=O)CSCCCOc1ccc(Cl)cc1. The van der Waals surface area contributed by atoms with Crippen molar-refractivity contribution in [2.45, 2.75) is 26.7 Å². The third-order valence-corrected chi connectivity index (χ3v) is 5.05. The van der Waals surface area contributed by atoms with Gasteiger partial charge in [0.1, 0.15) is 5.75 Å². The highest BCUT2D eigenvalue weighted by molar-refractivity contribution is 7.99. The second kappa shape index (κ2) is 10.4. The van der Waals surface area contributed by atoms with Gasteiger partial charge in [0.15, 0.2) is 0 Å². The predicted molar refractivity (Wildman–Crippen MR) is 108 cm³/mol. The molecule has 0 aliphatic rings. The topological polar surface area (TPSA) is 38.3 Å². The Hall–Kier alpha value is -1.65. The monoisotopic (exact) mass is 377 g/mol. The van der Waals surface area contributed by atoms with Crippen LogP contribution in [0.15, 0.2) is 42.5 Å². The van der Waals surface area contributed by atoms with Gasteiger partial charge in [-0.05, 0) is 60.9 Å². The molecule has 0 aromatic heterocycles. The summed E-state index contributed by atoms with van der Waals surface area (Å²) in [7, 11) is 0. The van der Waals surface area contributed by atoms with Crippen LogP contribution in [0.5, 0.6) is 5.75 Å². The van der Waals surface area contributed by atoms with Gasteiger partial charge in [0, 0.05) is 10.7 Å². The molecule has 0 unspecified atom stereocenters. The molecule has 25 heavy (non-hydrogen) atoms. The Morgan fingerprint density at radius 2 is 1.96 bits per heavy atom. The molecule has 2 aromatic carbocycles. The standard InChI is InChI=1S/C20H24ClNO2S/c1-3-16-7-4-6-15(2)20(16)22-19(23)14-25-13-5-12-24-18-10-8-17(21)9-11-18/h4,6-11H,3,5,12-14H2,1-2H3,(H,22,23). The van der Waals surface area contributed by atoms with Crippen molar-refractivity contribution in [2.75, 3.05) is 23.4 Å². The number of ether oxygens (including phenoxy) is 1. The van der Waals surface area contributed by atoms with Gasteiger partial charge in [-0.15, -0.1) is 0 Å². The third kappa shape index (κ3) is 6.63. The number of carbonyl (C=O) groups is 1. The molecule has 2 aromatic rings. The summed E-state index contributed by atoms with van der Waals surface area (Å²) in [4.78, 5) is 12.1. The Labute approximate surface area is 159 Å². The average molecular weight is 378 g/mol. The first-order chi connectivity index (χ1) is 12.1. The van der Waals surface area contributed by atoms with Crippen LogP contribution in [0.25, 0.3) is 0 Å². The number of anilines is 1. The van der Waals surface area contributed by atoms with E-state index >= 15 is 0 Å². The minimum atomic E-state index is 0.0487. The molecule has 2 rings (SSSR count). The molecule has 0 aliphatic carbocycles. The maximum absolute atomic E-state index is 12.1. The Kier molecular flexibility index (Phi) is 8.16. The van der Waals surface area contributed by atoms with Crippen molar-refractivity contribution in [3.63, 3.8) is 0 Å². The summed E-state index contributed by atoms with van der Waals surface area (Å²) in [5.74, 6) is 2.21. The van der Waals surface area contributed by atoms with Gasteiger partial charge in [-0.25, -0.2) is 0 Å². The minimum Gasteiger partial charge on any atom is -0.494 e. The lowest BCUT2D eigenvalue weighted by Crippen LogP contribution is -2.16. The molecule has 0 bridgehead atoms. The van der Waals surface area contributed by atoms with E-state index in [9.17, 15) is 4.79 Å². The van der Waals surface area contributed by atoms with Crippen LogP contribution in [0.4, 0.5) is 5.69 Å². The van der Waals surface area contributed by atoms with Gasteiger partial charge in [-0.2, -0.15) is 11.8 Å². The van der Waals surface area contributed by atoms with Crippen molar-refractivity contribution in [2.24, 2.45) is 0 Å². The maximum atomic E-state index is 12.1. The first-order valence-corrected chi connectivity index (χ1v) is 9.98. The second-order valence-corrected chi connectivity index (χ2v) is 7.26. The van der Waals surface area contributed by atoms with E-state index in [1.807, 2.05) is 43.3 Å². The number of thioether (sulfide) groups is 1. The number of hydrogen-bond donors (Lipinski definition) is 1. The molecular weight excluding hydrogens is 354 g/mol. The lowest BCUT2D eigenvalue weighted by atomic mass is 10.1. The summed E-state index contributed by atoms with van der Waals surface area (Å²) in [6, 6.07) is 13.4. The largest absolute Gasteiger partial charge is 0.494 e. The van der Waals surface area contributed by atoms with Crippen LogP contribution in [0.2, 0.25) is 5.02 Å². The first-order valence-electron chi connectivity index (χ1n) is 8.44. The number of aryl methyl sites for hydroxylation is 2. The normalized spacial score (nSPS) is 10.5. The lowest BCUT2D eigenvalue weighted by molar-refractivity contribution is -0.113. The predicted octanol–water partition coefficient (Wildman–Crippen LogP) is 5.35. The molecule has 0 radical (unpaired) electrons. The quantitative estimate of drug-likeness (QED) is 0.598. The summed E-state index contributed by atoms with van der Waals surface area (Å²) >= 11 is 7.46. The number of halogens is 1. The number of carbonyl (C=O) groups excluding carboxylic acids is 1. The van der Waals surface area contributed by atoms with Gasteiger partial charge >= 0.3 is 0 Å². The molecule has 0 saturated carbocycles. The van der Waals surface area contributed by atoms with Crippen molar-refractivity contribution < 1.29 is 9.53 Å². The van der Waals surface area contributed by atoms with E-state index in [0.717, 1.165) is 35.6 Å². The van der Waals surface area contributed by atoms with E-state index in [4.69, 9.17) is 16.3 Å². The fourth-order valence-corrected chi connectivity index (χ4v) is 3.27. The van der Waals surface area contributed by atoms with Crippen LogP contribution >= 0.6 is 23.4 Å². The zero-order valence-electron chi connectivity index (χ0n) is 14.7. The van der Waals surface area contributed by atoms with Gasteiger partial charge in [-0.3, -0.25) is 4.79 Å². The van der Waals surface area contributed by atoms with Crippen molar-refractivity contribution in [1.29, 1.82) is 0 Å². The summed E-state index contributed by atoms with van der Waals surface area (Å²) in [6.07, 6.45) is 1.80. The van der Waals surface area contributed by atoms with E-state index in [1.165, 1.54) is 5.56 Å².